The van der Waals surface area contributed by atoms with Gasteiger partial charge >= 0.3 is 0 Å². The van der Waals surface area contributed by atoms with Crippen molar-refractivity contribution in [3.8, 4) is 0 Å². The summed E-state index contributed by atoms with van der Waals surface area (Å²) >= 11 is 6.08. The van der Waals surface area contributed by atoms with Crippen molar-refractivity contribution in [1.82, 2.24) is 10.2 Å². The number of rotatable bonds is 6. The van der Waals surface area contributed by atoms with Crippen LogP contribution in [0.2, 0.25) is 5.02 Å². The molecular weight excluding hydrogens is 346 g/mol. The van der Waals surface area contributed by atoms with Gasteiger partial charge < -0.3 is 10.2 Å². The number of carbonyl (C=O) groups is 1. The van der Waals surface area contributed by atoms with Crippen molar-refractivity contribution in [2.75, 3.05) is 44.2 Å². The summed E-state index contributed by atoms with van der Waals surface area (Å²) in [6, 6.07) is 18.2. The first-order valence-corrected chi connectivity index (χ1v) is 9.54. The molecule has 1 saturated heterocycles. The fourth-order valence-corrected chi connectivity index (χ4v) is 3.45. The van der Waals surface area contributed by atoms with Gasteiger partial charge in [0.1, 0.15) is 0 Å². The molecule has 1 fully saturated rings. The van der Waals surface area contributed by atoms with Crippen LogP contribution in [0.15, 0.2) is 54.6 Å². The molecule has 0 aromatic heterocycles. The highest BCUT2D eigenvalue weighted by Crippen LogP contribution is 2.20. The van der Waals surface area contributed by atoms with E-state index in [0.717, 1.165) is 36.9 Å². The quantitative estimate of drug-likeness (QED) is 0.845. The fraction of sp³-hybridized carbons (Fsp3) is 0.381. The lowest BCUT2D eigenvalue weighted by molar-refractivity contribution is -0.122. The lowest BCUT2D eigenvalue weighted by Gasteiger charge is -2.35. The molecule has 2 aromatic rings. The van der Waals surface area contributed by atoms with Crippen LogP contribution in [-0.2, 0) is 4.79 Å². The number of nitrogens with one attached hydrogen (secondary N) is 1. The maximum absolute atomic E-state index is 12.3. The van der Waals surface area contributed by atoms with Gasteiger partial charge in [-0.3, -0.25) is 9.69 Å². The summed E-state index contributed by atoms with van der Waals surface area (Å²) in [7, 11) is 0. The van der Waals surface area contributed by atoms with Crippen LogP contribution in [0.1, 0.15) is 18.4 Å². The van der Waals surface area contributed by atoms with Crippen molar-refractivity contribution < 1.29 is 4.79 Å². The number of halogens is 1. The van der Waals surface area contributed by atoms with E-state index in [0.29, 0.717) is 19.0 Å². The predicted molar refractivity (Wildman–Crippen MR) is 108 cm³/mol. The first-order valence-electron chi connectivity index (χ1n) is 9.16. The topological polar surface area (TPSA) is 35.6 Å². The highest BCUT2D eigenvalue weighted by atomic mass is 35.5. The summed E-state index contributed by atoms with van der Waals surface area (Å²) < 4.78 is 0. The van der Waals surface area contributed by atoms with Gasteiger partial charge in [-0.05, 0) is 29.7 Å². The second-order valence-corrected chi connectivity index (χ2v) is 7.30. The Bertz CT molecular complexity index is 714. The van der Waals surface area contributed by atoms with Crippen molar-refractivity contribution >= 4 is 23.2 Å². The Balaban J connectivity index is 1.41. The fourth-order valence-electron chi connectivity index (χ4n) is 3.26. The van der Waals surface area contributed by atoms with Gasteiger partial charge in [0.2, 0.25) is 5.91 Å². The predicted octanol–water partition coefficient (Wildman–Crippen LogP) is 3.38. The van der Waals surface area contributed by atoms with E-state index in [1.165, 1.54) is 5.56 Å². The first kappa shape index (κ1) is 18.7. The highest BCUT2D eigenvalue weighted by Gasteiger charge is 2.19. The highest BCUT2D eigenvalue weighted by molar-refractivity contribution is 6.30. The monoisotopic (exact) mass is 371 g/mol. The number of anilines is 1. The number of piperazine rings is 1. The molecule has 1 aliphatic heterocycles. The SMILES string of the molecule is C[C@H](CNC(=O)CN1CCN(c2cccc(Cl)c2)CC1)c1ccccc1. The Morgan fingerprint density at radius 2 is 1.81 bits per heavy atom. The van der Waals surface area contributed by atoms with E-state index in [-0.39, 0.29) is 5.91 Å². The summed E-state index contributed by atoms with van der Waals surface area (Å²) in [6.07, 6.45) is 0. The Labute approximate surface area is 160 Å². The van der Waals surface area contributed by atoms with E-state index < -0.39 is 0 Å². The average Bonchev–Trinajstić information content (AvgIpc) is 2.67. The molecule has 3 rings (SSSR count). The number of carbonyl (C=O) groups excluding carboxylic acids is 1. The molecule has 0 aliphatic carbocycles. The van der Waals surface area contributed by atoms with Crippen LogP contribution in [0.25, 0.3) is 0 Å². The maximum Gasteiger partial charge on any atom is 0.234 e. The van der Waals surface area contributed by atoms with Crippen LogP contribution in [0.5, 0.6) is 0 Å². The zero-order valence-electron chi connectivity index (χ0n) is 15.2. The molecule has 1 amide bonds. The lowest BCUT2D eigenvalue weighted by Crippen LogP contribution is -2.49. The molecule has 1 N–H and O–H groups in total. The molecule has 2 aromatic carbocycles. The largest absolute Gasteiger partial charge is 0.369 e. The summed E-state index contributed by atoms with van der Waals surface area (Å²) in [5.41, 5.74) is 2.40. The molecule has 0 saturated carbocycles. The van der Waals surface area contributed by atoms with Crippen LogP contribution in [-0.4, -0.2) is 50.1 Å². The molecule has 1 aliphatic rings. The average molecular weight is 372 g/mol. The minimum absolute atomic E-state index is 0.101. The number of hydrogen-bond acceptors (Lipinski definition) is 3. The first-order chi connectivity index (χ1) is 12.6. The van der Waals surface area contributed by atoms with E-state index in [2.05, 4.69) is 40.2 Å². The maximum atomic E-state index is 12.3. The summed E-state index contributed by atoms with van der Waals surface area (Å²) in [6.45, 7) is 6.86. The van der Waals surface area contributed by atoms with Gasteiger partial charge in [-0.2, -0.15) is 0 Å². The van der Waals surface area contributed by atoms with Gasteiger partial charge in [-0.15, -0.1) is 0 Å². The zero-order chi connectivity index (χ0) is 18.4. The van der Waals surface area contributed by atoms with E-state index in [1.54, 1.807) is 0 Å². The molecule has 1 heterocycles. The zero-order valence-corrected chi connectivity index (χ0v) is 16.0. The summed E-state index contributed by atoms with van der Waals surface area (Å²) in [4.78, 5) is 16.8. The van der Waals surface area contributed by atoms with E-state index in [9.17, 15) is 4.79 Å². The van der Waals surface area contributed by atoms with Gasteiger partial charge in [0.05, 0.1) is 6.54 Å². The molecule has 0 bridgehead atoms. The minimum Gasteiger partial charge on any atom is -0.369 e. The molecule has 0 radical (unpaired) electrons. The molecule has 0 spiro atoms. The lowest BCUT2D eigenvalue weighted by atomic mass is 10.0. The third-order valence-electron chi connectivity index (χ3n) is 4.89. The van der Waals surface area contributed by atoms with Gasteiger partial charge in [0.25, 0.3) is 0 Å². The van der Waals surface area contributed by atoms with Gasteiger partial charge in [0.15, 0.2) is 0 Å². The third-order valence-corrected chi connectivity index (χ3v) is 5.12. The Morgan fingerprint density at radius 3 is 2.50 bits per heavy atom. The second kappa shape index (κ2) is 9.06. The Kier molecular flexibility index (Phi) is 6.53. The Hall–Kier alpha value is -2.04. The van der Waals surface area contributed by atoms with E-state index in [4.69, 9.17) is 11.6 Å². The van der Waals surface area contributed by atoms with E-state index >= 15 is 0 Å². The third kappa shape index (κ3) is 5.23. The molecule has 0 unspecified atom stereocenters. The minimum atomic E-state index is 0.101. The molecule has 4 nitrogen and oxygen atoms in total. The number of hydrogen-bond donors (Lipinski definition) is 1. The molecule has 5 heteroatoms. The molecule has 138 valence electrons. The number of benzene rings is 2. The second-order valence-electron chi connectivity index (χ2n) is 6.86. The number of amides is 1. The summed E-state index contributed by atoms with van der Waals surface area (Å²) in [5, 5.41) is 3.83. The normalized spacial score (nSPS) is 16.3. The van der Waals surface area contributed by atoms with Crippen molar-refractivity contribution in [2.24, 2.45) is 0 Å². The standard InChI is InChI=1S/C21H26ClN3O/c1-17(18-6-3-2-4-7-18)15-23-21(26)16-24-10-12-25(13-11-24)20-9-5-8-19(22)14-20/h2-9,14,17H,10-13,15-16H2,1H3,(H,23,26)/t17-/m1/s1. The van der Waals surface area contributed by atoms with Crippen molar-refractivity contribution in [3.63, 3.8) is 0 Å². The van der Waals surface area contributed by atoms with Crippen LogP contribution >= 0.6 is 11.6 Å². The number of nitrogens with zero attached hydrogens (tertiary/aromatic N) is 2. The van der Waals surface area contributed by atoms with Gasteiger partial charge in [-0.25, -0.2) is 0 Å². The molecule has 26 heavy (non-hydrogen) atoms. The van der Waals surface area contributed by atoms with Crippen LogP contribution < -0.4 is 10.2 Å². The van der Waals surface area contributed by atoms with Gasteiger partial charge in [0, 0.05) is 43.4 Å². The van der Waals surface area contributed by atoms with Crippen molar-refractivity contribution in [2.45, 2.75) is 12.8 Å². The van der Waals surface area contributed by atoms with Crippen LogP contribution in [0.3, 0.4) is 0 Å². The summed E-state index contributed by atoms with van der Waals surface area (Å²) in [5.74, 6) is 0.420. The molecular formula is C21H26ClN3O. The van der Waals surface area contributed by atoms with Gasteiger partial charge in [-0.1, -0.05) is 54.9 Å². The van der Waals surface area contributed by atoms with Crippen molar-refractivity contribution in [3.05, 3.63) is 65.2 Å². The smallest absolute Gasteiger partial charge is 0.234 e. The van der Waals surface area contributed by atoms with Crippen molar-refractivity contribution in [1.29, 1.82) is 0 Å². The van der Waals surface area contributed by atoms with Crippen LogP contribution in [0, 0.1) is 0 Å². The van der Waals surface area contributed by atoms with Crippen LogP contribution in [0.4, 0.5) is 5.69 Å². The van der Waals surface area contributed by atoms with E-state index in [1.807, 2.05) is 36.4 Å². The Morgan fingerprint density at radius 1 is 1.08 bits per heavy atom. The molecule has 1 atom stereocenters.